The molecule has 5 nitrogen and oxygen atoms in total. The summed E-state index contributed by atoms with van der Waals surface area (Å²) in [5.74, 6) is 0.0454. The van der Waals surface area contributed by atoms with Crippen LogP contribution in [0.4, 0.5) is 11.4 Å². The summed E-state index contributed by atoms with van der Waals surface area (Å²) in [6.45, 7) is 3.76. The minimum Gasteiger partial charge on any atom is -0.508 e. The molecule has 0 unspecified atom stereocenters. The lowest BCUT2D eigenvalue weighted by molar-refractivity contribution is 0.473. The van der Waals surface area contributed by atoms with E-state index in [4.69, 9.17) is 4.42 Å². The van der Waals surface area contributed by atoms with E-state index in [1.807, 2.05) is 31.2 Å². The molecule has 0 radical (unpaired) electrons. The quantitative estimate of drug-likeness (QED) is 0.557. The van der Waals surface area contributed by atoms with Gasteiger partial charge in [0, 0.05) is 11.5 Å². The second-order valence-corrected chi connectivity index (χ2v) is 5.08. The largest absolute Gasteiger partial charge is 0.508 e. The zero-order valence-electron chi connectivity index (χ0n) is 12.2. The van der Waals surface area contributed by atoms with E-state index in [1.165, 1.54) is 12.1 Å². The topological polar surface area (TPSA) is 75.2 Å². The number of benzene rings is 2. The Balaban J connectivity index is 2.09. The van der Waals surface area contributed by atoms with Crippen LogP contribution in [0, 0.1) is 13.8 Å². The van der Waals surface area contributed by atoms with Crippen LogP contribution < -0.4 is 5.63 Å². The summed E-state index contributed by atoms with van der Waals surface area (Å²) >= 11 is 0. The van der Waals surface area contributed by atoms with Crippen molar-refractivity contribution < 1.29 is 9.52 Å². The lowest BCUT2D eigenvalue weighted by Gasteiger charge is -2.03. The number of rotatable bonds is 2. The third-order valence-electron chi connectivity index (χ3n) is 3.42. The molecule has 1 heterocycles. The van der Waals surface area contributed by atoms with Crippen molar-refractivity contribution in [3.8, 4) is 5.75 Å². The van der Waals surface area contributed by atoms with Crippen molar-refractivity contribution in [2.45, 2.75) is 13.8 Å². The molecular formula is C17H14N2O3. The Hall–Kier alpha value is -2.95. The zero-order chi connectivity index (χ0) is 15.7. The highest BCUT2D eigenvalue weighted by Crippen LogP contribution is 2.27. The highest BCUT2D eigenvalue weighted by Gasteiger charge is 2.11. The summed E-state index contributed by atoms with van der Waals surface area (Å²) in [5.41, 5.74) is 2.37. The predicted molar refractivity (Wildman–Crippen MR) is 84.2 cm³/mol. The normalized spacial score (nSPS) is 11.4. The fourth-order valence-corrected chi connectivity index (χ4v) is 2.17. The van der Waals surface area contributed by atoms with Crippen molar-refractivity contribution >= 4 is 22.3 Å². The molecule has 0 aliphatic carbocycles. The third kappa shape index (κ3) is 2.61. The van der Waals surface area contributed by atoms with Crippen molar-refractivity contribution in [2.24, 2.45) is 10.2 Å². The number of aromatic hydroxyl groups is 1. The summed E-state index contributed by atoms with van der Waals surface area (Å²) in [7, 11) is 0. The van der Waals surface area contributed by atoms with Gasteiger partial charge in [-0.1, -0.05) is 17.7 Å². The number of azo groups is 1. The fraction of sp³-hybridized carbons (Fsp3) is 0.118. The Bertz CT molecular complexity index is 925. The van der Waals surface area contributed by atoms with Crippen LogP contribution in [0.3, 0.4) is 0 Å². The molecule has 1 aromatic heterocycles. The Morgan fingerprint density at radius 1 is 1.00 bits per heavy atom. The number of hydrogen-bond donors (Lipinski definition) is 1. The van der Waals surface area contributed by atoms with Crippen LogP contribution in [-0.4, -0.2) is 5.11 Å². The average Bonchev–Trinajstić information content (AvgIpc) is 2.48. The van der Waals surface area contributed by atoms with Crippen LogP contribution in [0.1, 0.15) is 11.1 Å². The van der Waals surface area contributed by atoms with E-state index in [0.717, 1.165) is 10.9 Å². The highest BCUT2D eigenvalue weighted by atomic mass is 16.4. The maximum absolute atomic E-state index is 12.0. The van der Waals surface area contributed by atoms with Gasteiger partial charge in [0.25, 0.3) is 0 Å². The smallest absolute Gasteiger partial charge is 0.364 e. The number of fused-ring (bicyclic) bond motifs is 1. The third-order valence-corrected chi connectivity index (χ3v) is 3.42. The fourth-order valence-electron chi connectivity index (χ4n) is 2.17. The van der Waals surface area contributed by atoms with E-state index in [0.29, 0.717) is 16.8 Å². The first kappa shape index (κ1) is 14.0. The maximum Gasteiger partial charge on any atom is 0.364 e. The molecule has 0 saturated heterocycles. The van der Waals surface area contributed by atoms with Gasteiger partial charge in [0.2, 0.25) is 0 Å². The first-order valence-electron chi connectivity index (χ1n) is 6.79. The van der Waals surface area contributed by atoms with Gasteiger partial charge in [-0.15, -0.1) is 5.11 Å². The molecule has 0 fully saturated rings. The maximum atomic E-state index is 12.0. The Morgan fingerprint density at radius 3 is 2.45 bits per heavy atom. The molecule has 0 aliphatic heterocycles. The lowest BCUT2D eigenvalue weighted by atomic mass is 10.1. The van der Waals surface area contributed by atoms with Gasteiger partial charge in [-0.2, -0.15) is 5.11 Å². The Labute approximate surface area is 126 Å². The first-order chi connectivity index (χ1) is 10.5. The number of hydrogen-bond acceptors (Lipinski definition) is 5. The van der Waals surface area contributed by atoms with E-state index in [9.17, 15) is 9.90 Å². The second-order valence-electron chi connectivity index (χ2n) is 5.08. The average molecular weight is 294 g/mol. The van der Waals surface area contributed by atoms with Crippen LogP contribution in [-0.2, 0) is 0 Å². The standard InChI is InChI=1S/C17H14N2O3/c1-10-3-5-12(6-4-10)18-19-16-11(2)14-8-7-13(20)9-15(14)22-17(16)21/h3-9,20H,1-2H3. The van der Waals surface area contributed by atoms with Gasteiger partial charge in [0.05, 0.1) is 5.69 Å². The Kier molecular flexibility index (Phi) is 3.47. The monoisotopic (exact) mass is 294 g/mol. The first-order valence-corrected chi connectivity index (χ1v) is 6.79. The van der Waals surface area contributed by atoms with E-state index in [1.54, 1.807) is 13.0 Å². The molecule has 0 atom stereocenters. The minimum atomic E-state index is -0.577. The molecule has 0 bridgehead atoms. The summed E-state index contributed by atoms with van der Waals surface area (Å²) in [6, 6.07) is 12.1. The van der Waals surface area contributed by atoms with Crippen molar-refractivity contribution in [3.05, 3.63) is 64.0 Å². The summed E-state index contributed by atoms with van der Waals surface area (Å²) < 4.78 is 5.19. The molecule has 2 aromatic carbocycles. The highest BCUT2D eigenvalue weighted by molar-refractivity contribution is 5.84. The molecule has 3 aromatic rings. The van der Waals surface area contributed by atoms with Crippen molar-refractivity contribution in [3.63, 3.8) is 0 Å². The molecule has 0 spiro atoms. The van der Waals surface area contributed by atoms with Gasteiger partial charge in [0.15, 0.2) is 5.69 Å². The van der Waals surface area contributed by atoms with E-state index >= 15 is 0 Å². The Morgan fingerprint density at radius 2 is 1.73 bits per heavy atom. The lowest BCUT2D eigenvalue weighted by Crippen LogP contribution is -2.00. The molecule has 0 amide bonds. The predicted octanol–water partition coefficient (Wildman–Crippen LogP) is 4.53. The van der Waals surface area contributed by atoms with Gasteiger partial charge >= 0.3 is 5.63 Å². The minimum absolute atomic E-state index is 0.0454. The summed E-state index contributed by atoms with van der Waals surface area (Å²) in [5, 5.41) is 18.3. The van der Waals surface area contributed by atoms with E-state index in [-0.39, 0.29) is 11.4 Å². The number of nitrogens with zero attached hydrogens (tertiary/aromatic N) is 2. The zero-order valence-corrected chi connectivity index (χ0v) is 12.2. The second kappa shape index (κ2) is 5.44. The van der Waals surface area contributed by atoms with Crippen molar-refractivity contribution in [1.82, 2.24) is 0 Å². The molecule has 0 aliphatic rings. The molecule has 22 heavy (non-hydrogen) atoms. The van der Waals surface area contributed by atoms with Crippen LogP contribution >= 0.6 is 0 Å². The van der Waals surface area contributed by atoms with Gasteiger partial charge in [-0.25, -0.2) is 4.79 Å². The number of phenols is 1. The van der Waals surface area contributed by atoms with E-state index in [2.05, 4.69) is 10.2 Å². The molecular weight excluding hydrogens is 280 g/mol. The van der Waals surface area contributed by atoms with Crippen LogP contribution in [0.25, 0.3) is 11.0 Å². The number of phenolic OH excluding ortho intramolecular Hbond substituents is 1. The van der Waals surface area contributed by atoms with Crippen molar-refractivity contribution in [2.75, 3.05) is 0 Å². The van der Waals surface area contributed by atoms with Crippen molar-refractivity contribution in [1.29, 1.82) is 0 Å². The van der Waals surface area contributed by atoms with E-state index < -0.39 is 5.63 Å². The molecule has 110 valence electrons. The molecule has 0 saturated carbocycles. The van der Waals surface area contributed by atoms with Gasteiger partial charge in [-0.05, 0) is 43.7 Å². The van der Waals surface area contributed by atoms with Crippen LogP contribution in [0.15, 0.2) is 61.9 Å². The van der Waals surface area contributed by atoms with Crippen LogP contribution in [0.5, 0.6) is 5.75 Å². The summed E-state index contributed by atoms with van der Waals surface area (Å²) in [6.07, 6.45) is 0. The molecule has 3 rings (SSSR count). The van der Waals surface area contributed by atoms with Gasteiger partial charge in [0.1, 0.15) is 11.3 Å². The molecule has 1 N–H and O–H groups in total. The van der Waals surface area contributed by atoms with Gasteiger partial charge in [-0.3, -0.25) is 0 Å². The van der Waals surface area contributed by atoms with Crippen LogP contribution in [0.2, 0.25) is 0 Å². The van der Waals surface area contributed by atoms with Gasteiger partial charge < -0.3 is 9.52 Å². The number of aryl methyl sites for hydroxylation is 2. The molecule has 5 heteroatoms. The summed E-state index contributed by atoms with van der Waals surface area (Å²) in [4.78, 5) is 12.0. The SMILES string of the molecule is Cc1ccc(N=Nc2c(C)c3ccc(O)cc3oc2=O)cc1.